The van der Waals surface area contributed by atoms with E-state index in [0.29, 0.717) is 0 Å². The van der Waals surface area contributed by atoms with Crippen LogP contribution in [0.15, 0.2) is 22.8 Å². The maximum atomic E-state index is 5.40. The minimum atomic E-state index is 0.286. The first-order valence-electron chi connectivity index (χ1n) is 5.96. The van der Waals surface area contributed by atoms with Crippen molar-refractivity contribution in [3.8, 4) is 22.9 Å². The molecule has 1 aromatic heterocycles. The zero-order valence-corrected chi connectivity index (χ0v) is 12.3. The van der Waals surface area contributed by atoms with Crippen LogP contribution in [-0.4, -0.2) is 23.4 Å². The van der Waals surface area contributed by atoms with Crippen molar-refractivity contribution < 1.29 is 9.47 Å². The van der Waals surface area contributed by atoms with Crippen LogP contribution in [0.2, 0.25) is 0 Å². The van der Waals surface area contributed by atoms with Crippen molar-refractivity contribution in [1.29, 1.82) is 0 Å². The molecule has 2 aromatic rings. The fraction of sp³-hybridized carbons (Fsp3) is 0.308. The molecule has 19 heavy (non-hydrogen) atoms. The van der Waals surface area contributed by atoms with Crippen molar-refractivity contribution in [2.45, 2.75) is 6.54 Å². The molecular formula is C13H14BrN3O2. The normalized spacial score (nSPS) is 13.0. The molecule has 0 unspecified atom stereocenters. The first kappa shape index (κ1) is 12.5. The van der Waals surface area contributed by atoms with Gasteiger partial charge in [0.05, 0.1) is 5.69 Å². The van der Waals surface area contributed by atoms with E-state index >= 15 is 0 Å². The Morgan fingerprint density at radius 1 is 1.37 bits per heavy atom. The highest BCUT2D eigenvalue weighted by Gasteiger charge is 2.18. The van der Waals surface area contributed by atoms with Crippen LogP contribution < -0.4 is 14.8 Å². The van der Waals surface area contributed by atoms with Crippen LogP contribution in [0, 0.1) is 0 Å². The molecule has 2 heterocycles. The second-order valence-electron chi connectivity index (χ2n) is 4.33. The average molecular weight is 324 g/mol. The highest BCUT2D eigenvalue weighted by Crippen LogP contribution is 2.36. The molecule has 3 rings (SSSR count). The lowest BCUT2D eigenvalue weighted by molar-refractivity contribution is 0.174. The van der Waals surface area contributed by atoms with Gasteiger partial charge in [0.1, 0.15) is 10.4 Å². The highest BCUT2D eigenvalue weighted by atomic mass is 79.9. The molecule has 1 N–H and O–H groups in total. The van der Waals surface area contributed by atoms with Gasteiger partial charge in [0, 0.05) is 19.2 Å². The lowest BCUT2D eigenvalue weighted by Gasteiger charge is -2.03. The molecule has 0 fully saturated rings. The Hall–Kier alpha value is -1.53. The zero-order valence-electron chi connectivity index (χ0n) is 10.7. The first-order chi connectivity index (χ1) is 9.20. The van der Waals surface area contributed by atoms with Crippen LogP contribution >= 0.6 is 15.9 Å². The number of nitrogens with zero attached hydrogens (tertiary/aromatic N) is 2. The molecule has 0 amide bonds. The van der Waals surface area contributed by atoms with Gasteiger partial charge < -0.3 is 19.4 Å². The lowest BCUT2D eigenvalue weighted by atomic mass is 10.2. The topological polar surface area (TPSA) is 48.3 Å². The Bertz CT molecular complexity index is 625. The minimum absolute atomic E-state index is 0.286. The summed E-state index contributed by atoms with van der Waals surface area (Å²) in [7, 11) is 3.89. The van der Waals surface area contributed by atoms with E-state index in [1.54, 1.807) is 0 Å². The van der Waals surface area contributed by atoms with E-state index in [1.165, 1.54) is 0 Å². The molecule has 0 saturated heterocycles. The number of nitrogens with one attached hydrogen (secondary N) is 1. The first-order valence-corrected chi connectivity index (χ1v) is 6.75. The molecule has 1 aromatic carbocycles. The summed E-state index contributed by atoms with van der Waals surface area (Å²) in [5.41, 5.74) is 1.99. The molecule has 100 valence electrons. The number of imidazole rings is 1. The molecule has 0 bridgehead atoms. The predicted octanol–water partition coefficient (Wildman–Crippen LogP) is 2.30. The van der Waals surface area contributed by atoms with Gasteiger partial charge in [-0.05, 0) is 41.2 Å². The molecule has 0 saturated carbocycles. The Morgan fingerprint density at radius 2 is 2.16 bits per heavy atom. The van der Waals surface area contributed by atoms with Gasteiger partial charge in [-0.1, -0.05) is 0 Å². The summed E-state index contributed by atoms with van der Waals surface area (Å²) < 4.78 is 13.7. The summed E-state index contributed by atoms with van der Waals surface area (Å²) in [6, 6.07) is 5.86. The maximum absolute atomic E-state index is 5.40. The monoisotopic (exact) mass is 323 g/mol. The molecular weight excluding hydrogens is 310 g/mol. The van der Waals surface area contributed by atoms with Crippen LogP contribution in [0.1, 0.15) is 5.69 Å². The highest BCUT2D eigenvalue weighted by molar-refractivity contribution is 9.10. The Kier molecular flexibility index (Phi) is 3.20. The minimum Gasteiger partial charge on any atom is -0.454 e. The number of halogens is 1. The summed E-state index contributed by atoms with van der Waals surface area (Å²) in [6.45, 7) is 1.01. The number of hydrogen-bond acceptors (Lipinski definition) is 4. The molecule has 1 aliphatic rings. The van der Waals surface area contributed by atoms with E-state index < -0.39 is 0 Å². The third-order valence-corrected chi connectivity index (χ3v) is 4.06. The second kappa shape index (κ2) is 4.86. The van der Waals surface area contributed by atoms with Gasteiger partial charge in [0.25, 0.3) is 0 Å². The van der Waals surface area contributed by atoms with E-state index in [0.717, 1.165) is 39.7 Å². The third kappa shape index (κ3) is 2.11. The van der Waals surface area contributed by atoms with Gasteiger partial charge in [-0.25, -0.2) is 4.98 Å². The molecule has 6 heteroatoms. The Morgan fingerprint density at radius 3 is 2.95 bits per heavy atom. The Balaban J connectivity index is 2.04. The number of rotatable bonds is 3. The van der Waals surface area contributed by atoms with Crippen molar-refractivity contribution in [2.75, 3.05) is 13.8 Å². The van der Waals surface area contributed by atoms with Crippen LogP contribution in [-0.2, 0) is 13.6 Å². The van der Waals surface area contributed by atoms with E-state index in [2.05, 4.69) is 26.2 Å². The van der Waals surface area contributed by atoms with Crippen LogP contribution in [0.4, 0.5) is 0 Å². The molecule has 1 aliphatic heterocycles. The van der Waals surface area contributed by atoms with Crippen molar-refractivity contribution in [1.82, 2.24) is 14.9 Å². The van der Waals surface area contributed by atoms with E-state index in [9.17, 15) is 0 Å². The standard InChI is InChI=1S/C13H14BrN3O2/c1-15-6-9-12(14)17(2)13(16-9)8-3-4-10-11(5-8)19-7-18-10/h3-5,15H,6-7H2,1-2H3. The summed E-state index contributed by atoms with van der Waals surface area (Å²) in [5, 5.41) is 3.11. The van der Waals surface area contributed by atoms with Gasteiger partial charge in [-0.15, -0.1) is 0 Å². The zero-order chi connectivity index (χ0) is 13.4. The second-order valence-corrected chi connectivity index (χ2v) is 5.08. The van der Waals surface area contributed by atoms with Crippen molar-refractivity contribution in [3.63, 3.8) is 0 Å². The Labute approximate surface area is 119 Å². The fourth-order valence-electron chi connectivity index (χ4n) is 2.11. The summed E-state index contributed by atoms with van der Waals surface area (Å²) in [5.74, 6) is 2.45. The molecule has 5 nitrogen and oxygen atoms in total. The van der Waals surface area contributed by atoms with Gasteiger partial charge in [0.2, 0.25) is 6.79 Å². The van der Waals surface area contributed by atoms with Crippen LogP contribution in [0.5, 0.6) is 11.5 Å². The summed E-state index contributed by atoms with van der Waals surface area (Å²) >= 11 is 3.57. The quantitative estimate of drug-likeness (QED) is 0.941. The van der Waals surface area contributed by atoms with Crippen LogP contribution in [0.25, 0.3) is 11.4 Å². The van der Waals surface area contributed by atoms with Gasteiger partial charge >= 0.3 is 0 Å². The van der Waals surface area contributed by atoms with Crippen molar-refractivity contribution in [2.24, 2.45) is 7.05 Å². The average Bonchev–Trinajstić information content (AvgIpc) is 2.98. The van der Waals surface area contributed by atoms with Gasteiger partial charge in [-0.2, -0.15) is 0 Å². The summed E-state index contributed by atoms with van der Waals surface area (Å²) in [4.78, 5) is 4.65. The van der Waals surface area contributed by atoms with Crippen molar-refractivity contribution in [3.05, 3.63) is 28.5 Å². The van der Waals surface area contributed by atoms with E-state index in [1.807, 2.05) is 36.9 Å². The van der Waals surface area contributed by atoms with E-state index in [-0.39, 0.29) is 6.79 Å². The number of hydrogen-bond donors (Lipinski definition) is 1. The number of aromatic nitrogens is 2. The summed E-state index contributed by atoms with van der Waals surface area (Å²) in [6.07, 6.45) is 0. The number of benzene rings is 1. The molecule has 0 atom stereocenters. The largest absolute Gasteiger partial charge is 0.454 e. The molecule has 0 spiro atoms. The molecule has 0 aliphatic carbocycles. The fourth-order valence-corrected chi connectivity index (χ4v) is 2.51. The van der Waals surface area contributed by atoms with Gasteiger partial charge in [0.15, 0.2) is 11.5 Å². The SMILES string of the molecule is CNCc1nc(-c2ccc3c(c2)OCO3)n(C)c1Br. The van der Waals surface area contributed by atoms with Crippen LogP contribution in [0.3, 0.4) is 0 Å². The van der Waals surface area contributed by atoms with Crippen molar-refractivity contribution >= 4 is 15.9 Å². The number of ether oxygens (including phenoxy) is 2. The van der Waals surface area contributed by atoms with E-state index in [4.69, 9.17) is 9.47 Å². The lowest BCUT2D eigenvalue weighted by Crippen LogP contribution is -2.05. The third-order valence-electron chi connectivity index (χ3n) is 3.07. The van der Waals surface area contributed by atoms with Gasteiger partial charge in [-0.3, -0.25) is 0 Å². The predicted molar refractivity (Wildman–Crippen MR) is 75.2 cm³/mol. The maximum Gasteiger partial charge on any atom is 0.231 e. The smallest absolute Gasteiger partial charge is 0.231 e. The molecule has 0 radical (unpaired) electrons. The number of fused-ring (bicyclic) bond motifs is 1.